The molecule has 0 unspecified atom stereocenters. The first kappa shape index (κ1) is 25.5. The van der Waals surface area contributed by atoms with E-state index >= 15 is 0 Å². The summed E-state index contributed by atoms with van der Waals surface area (Å²) in [5.41, 5.74) is 3.48. The molecule has 1 aliphatic heterocycles. The van der Waals surface area contributed by atoms with E-state index in [9.17, 15) is 14.4 Å². The molecule has 10 nitrogen and oxygen atoms in total. The summed E-state index contributed by atoms with van der Waals surface area (Å²) in [5, 5.41) is 0.853. The number of hydrogen-bond donors (Lipinski definition) is 0. The van der Waals surface area contributed by atoms with Crippen LogP contribution in [0.3, 0.4) is 0 Å². The number of fused-ring (bicyclic) bond motifs is 2. The van der Waals surface area contributed by atoms with Crippen molar-refractivity contribution in [1.29, 1.82) is 0 Å². The number of Topliss-reactive ketones (excluding diaryl/α,β-unsaturated/α-hetero) is 1. The Labute approximate surface area is 224 Å². The van der Waals surface area contributed by atoms with E-state index in [1.165, 1.54) is 50.1 Å². The molecule has 0 saturated carbocycles. The molecule has 4 aromatic rings. The maximum atomic E-state index is 13.6. The molecule has 0 bridgehead atoms. The first-order chi connectivity index (χ1) is 18.6. The minimum absolute atomic E-state index is 0.0265. The van der Waals surface area contributed by atoms with Gasteiger partial charge in [-0.3, -0.25) is 4.79 Å². The summed E-state index contributed by atoms with van der Waals surface area (Å²) in [7, 11) is 7.98. The van der Waals surface area contributed by atoms with Gasteiger partial charge >= 0.3 is 12.2 Å². The van der Waals surface area contributed by atoms with E-state index < -0.39 is 18.0 Å². The number of pyridine rings is 1. The zero-order chi connectivity index (χ0) is 27.8. The Hall–Kier alpha value is -5.12. The summed E-state index contributed by atoms with van der Waals surface area (Å²) in [5.74, 6) is -0.356. The van der Waals surface area contributed by atoms with Gasteiger partial charge in [0.05, 0.1) is 0 Å². The Bertz CT molecular complexity index is 1650. The van der Waals surface area contributed by atoms with Gasteiger partial charge in [-0.1, -0.05) is 30.3 Å². The van der Waals surface area contributed by atoms with Crippen LogP contribution in [0.5, 0.6) is 17.2 Å². The second-order valence-corrected chi connectivity index (χ2v) is 9.38. The topological polar surface area (TPSA) is 103 Å². The Morgan fingerprint density at radius 2 is 1.67 bits per heavy atom. The minimum Gasteiger partial charge on any atom is -0.452 e. The fourth-order valence-corrected chi connectivity index (χ4v) is 4.22. The number of ketones is 1. The molecule has 3 heterocycles. The van der Waals surface area contributed by atoms with Crippen LogP contribution in [-0.2, 0) is 7.05 Å². The molecule has 2 aromatic carbocycles. The van der Waals surface area contributed by atoms with Gasteiger partial charge in [-0.05, 0) is 23.3 Å². The van der Waals surface area contributed by atoms with E-state index in [0.29, 0.717) is 0 Å². The second-order valence-electron chi connectivity index (χ2n) is 9.38. The Balaban J connectivity index is 1.61. The highest BCUT2D eigenvalue weighted by Crippen LogP contribution is 2.43. The Morgan fingerprint density at radius 1 is 0.974 bits per heavy atom. The lowest BCUT2D eigenvalue weighted by Crippen LogP contribution is -2.26. The van der Waals surface area contributed by atoms with Crippen LogP contribution in [-0.4, -0.2) is 65.5 Å². The highest BCUT2D eigenvalue weighted by molar-refractivity contribution is 6.17. The summed E-state index contributed by atoms with van der Waals surface area (Å²) in [6, 6.07) is 14.5. The van der Waals surface area contributed by atoms with E-state index in [1.54, 1.807) is 12.3 Å². The molecule has 0 N–H and O–H groups in total. The van der Waals surface area contributed by atoms with Gasteiger partial charge in [-0.25, -0.2) is 14.6 Å². The third-order valence-electron chi connectivity index (χ3n) is 6.10. The molecule has 10 heteroatoms. The highest BCUT2D eigenvalue weighted by atomic mass is 16.6. The quantitative estimate of drug-likeness (QED) is 0.346. The average Bonchev–Trinajstić information content (AvgIpc) is 3.40. The fraction of sp³-hybridized carbons (Fsp3) is 0.172. The largest absolute Gasteiger partial charge is 0.452 e. The van der Waals surface area contributed by atoms with Gasteiger partial charge in [0.2, 0.25) is 5.78 Å². The van der Waals surface area contributed by atoms with Crippen molar-refractivity contribution in [3.63, 3.8) is 0 Å². The number of carbonyl (C=O) groups excluding carboxylic acids is 3. The Kier molecular flexibility index (Phi) is 6.53. The zero-order valence-electron chi connectivity index (χ0n) is 22.1. The van der Waals surface area contributed by atoms with E-state index in [2.05, 4.69) is 4.98 Å². The number of rotatable bonds is 4. The summed E-state index contributed by atoms with van der Waals surface area (Å²) in [6.45, 7) is 0. The number of hydrogen-bond acceptors (Lipinski definition) is 7. The summed E-state index contributed by atoms with van der Waals surface area (Å²) >= 11 is 0. The standard InChI is InChI=1S/C29H26N4O6/c1-31(2)28(35)37-19-14-21-25(22(15-19)39-29(36)32(3)4)26(34)23(38-21)13-18-16-33(5)27-24(18)20(11-12-30-27)17-9-7-6-8-10-17/h6-16H,1-5H3. The number of carbonyl (C=O) groups is 3. The maximum absolute atomic E-state index is 13.6. The molecule has 0 fully saturated rings. The molecule has 0 radical (unpaired) electrons. The molecule has 0 spiro atoms. The van der Waals surface area contributed by atoms with Crippen molar-refractivity contribution in [2.45, 2.75) is 0 Å². The van der Waals surface area contributed by atoms with E-state index in [-0.39, 0.29) is 28.6 Å². The van der Waals surface area contributed by atoms with Crippen molar-refractivity contribution in [3.8, 4) is 28.4 Å². The number of aryl methyl sites for hydroxylation is 1. The number of nitrogens with zero attached hydrogens (tertiary/aromatic N) is 4. The molecular formula is C29H26N4O6. The predicted molar refractivity (Wildman–Crippen MR) is 145 cm³/mol. The number of aromatic nitrogens is 2. The third-order valence-corrected chi connectivity index (χ3v) is 6.10. The summed E-state index contributed by atoms with van der Waals surface area (Å²) < 4.78 is 18.7. The summed E-state index contributed by atoms with van der Waals surface area (Å²) in [4.78, 5) is 45.1. The minimum atomic E-state index is -0.703. The van der Waals surface area contributed by atoms with Crippen LogP contribution < -0.4 is 14.2 Å². The van der Waals surface area contributed by atoms with Crippen molar-refractivity contribution in [1.82, 2.24) is 19.4 Å². The first-order valence-electron chi connectivity index (χ1n) is 12.0. The smallest absolute Gasteiger partial charge is 0.414 e. The van der Waals surface area contributed by atoms with Crippen LogP contribution in [0.25, 0.3) is 28.2 Å². The number of benzene rings is 2. The van der Waals surface area contributed by atoms with Gasteiger partial charge in [0.1, 0.15) is 22.7 Å². The van der Waals surface area contributed by atoms with Gasteiger partial charge < -0.3 is 28.6 Å². The molecule has 198 valence electrons. The van der Waals surface area contributed by atoms with Crippen molar-refractivity contribution >= 4 is 35.1 Å². The van der Waals surface area contributed by atoms with Gasteiger partial charge in [-0.15, -0.1) is 0 Å². The zero-order valence-corrected chi connectivity index (χ0v) is 22.1. The number of amides is 2. The van der Waals surface area contributed by atoms with Gasteiger partial charge in [0.15, 0.2) is 11.5 Å². The Morgan fingerprint density at radius 3 is 2.36 bits per heavy atom. The highest BCUT2D eigenvalue weighted by Gasteiger charge is 2.34. The predicted octanol–water partition coefficient (Wildman–Crippen LogP) is 4.98. The van der Waals surface area contributed by atoms with Crippen molar-refractivity contribution in [3.05, 3.63) is 77.8 Å². The normalized spacial score (nSPS) is 13.3. The molecule has 1 aliphatic rings. The van der Waals surface area contributed by atoms with Crippen LogP contribution in [0.15, 0.2) is 66.7 Å². The number of allylic oxidation sites excluding steroid dienone is 1. The van der Waals surface area contributed by atoms with Crippen LogP contribution >= 0.6 is 0 Å². The maximum Gasteiger partial charge on any atom is 0.414 e. The first-order valence-corrected chi connectivity index (χ1v) is 12.0. The van der Waals surface area contributed by atoms with E-state index in [1.807, 2.05) is 54.2 Å². The van der Waals surface area contributed by atoms with Gasteiger partial charge in [0, 0.05) is 70.7 Å². The lowest BCUT2D eigenvalue weighted by Gasteiger charge is -2.15. The van der Waals surface area contributed by atoms with Crippen molar-refractivity contribution in [2.24, 2.45) is 7.05 Å². The molecule has 39 heavy (non-hydrogen) atoms. The molecular weight excluding hydrogens is 500 g/mol. The molecule has 0 saturated heterocycles. The molecule has 0 aliphatic carbocycles. The second kappa shape index (κ2) is 9.97. The van der Waals surface area contributed by atoms with Crippen molar-refractivity contribution in [2.75, 3.05) is 28.2 Å². The van der Waals surface area contributed by atoms with Crippen LogP contribution in [0.2, 0.25) is 0 Å². The lowest BCUT2D eigenvalue weighted by molar-refractivity contribution is 0.101. The van der Waals surface area contributed by atoms with E-state index in [4.69, 9.17) is 14.2 Å². The molecule has 2 amide bonds. The lowest BCUT2D eigenvalue weighted by atomic mass is 10.0. The SMILES string of the molecule is CN(C)C(=O)Oc1cc(OC(=O)N(C)C)c2c(c1)OC(=Cc1cn(C)c3nccc(-c4ccccc4)c13)C2=O. The van der Waals surface area contributed by atoms with Gasteiger partial charge in [0.25, 0.3) is 0 Å². The molecule has 0 atom stereocenters. The number of ether oxygens (including phenoxy) is 3. The van der Waals surface area contributed by atoms with Crippen LogP contribution in [0.4, 0.5) is 9.59 Å². The average molecular weight is 527 g/mol. The summed E-state index contributed by atoms with van der Waals surface area (Å²) in [6.07, 6.45) is 3.91. The van der Waals surface area contributed by atoms with Gasteiger partial charge in [-0.2, -0.15) is 0 Å². The van der Waals surface area contributed by atoms with Crippen molar-refractivity contribution < 1.29 is 28.6 Å². The monoisotopic (exact) mass is 526 g/mol. The molecule has 2 aromatic heterocycles. The third kappa shape index (κ3) is 4.79. The van der Waals surface area contributed by atoms with E-state index in [0.717, 1.165) is 27.7 Å². The van der Waals surface area contributed by atoms with Crippen LogP contribution in [0, 0.1) is 0 Å². The van der Waals surface area contributed by atoms with Crippen LogP contribution in [0.1, 0.15) is 15.9 Å². The fourth-order valence-electron chi connectivity index (χ4n) is 4.22. The molecule has 5 rings (SSSR count).